The van der Waals surface area contributed by atoms with E-state index in [0.29, 0.717) is 18.0 Å². The lowest BCUT2D eigenvalue weighted by Gasteiger charge is -2.34. The maximum atomic E-state index is 12.8. The molecule has 136 valence electrons. The van der Waals surface area contributed by atoms with Crippen LogP contribution < -0.4 is 0 Å². The lowest BCUT2D eigenvalue weighted by molar-refractivity contribution is 0.182. The van der Waals surface area contributed by atoms with E-state index in [4.69, 9.17) is 0 Å². The van der Waals surface area contributed by atoms with Crippen molar-refractivity contribution in [1.82, 2.24) is 18.8 Å². The molecule has 0 aliphatic carbocycles. The Balaban J connectivity index is 1.59. The van der Waals surface area contributed by atoms with Gasteiger partial charge in [-0.2, -0.15) is 4.31 Å². The fourth-order valence-corrected chi connectivity index (χ4v) is 4.61. The van der Waals surface area contributed by atoms with Crippen LogP contribution >= 0.6 is 0 Å². The molecule has 0 atom stereocenters. The Morgan fingerprint density at radius 2 is 1.72 bits per heavy atom. The van der Waals surface area contributed by atoms with Crippen LogP contribution in [0.2, 0.25) is 0 Å². The summed E-state index contributed by atoms with van der Waals surface area (Å²) in [5.74, 6) is 1.01. The zero-order valence-corrected chi connectivity index (χ0v) is 16.0. The third-order valence-electron chi connectivity index (χ3n) is 5.03. The number of nitrogens with zero attached hydrogens (tertiary/aromatic N) is 4. The van der Waals surface area contributed by atoms with Crippen molar-refractivity contribution in [2.45, 2.75) is 32.2 Å². The van der Waals surface area contributed by atoms with Crippen LogP contribution in [0.5, 0.6) is 0 Å². The maximum Gasteiger partial charge on any atom is 0.243 e. The molecule has 25 heavy (non-hydrogen) atoms. The number of rotatable bonds is 5. The van der Waals surface area contributed by atoms with Gasteiger partial charge < -0.3 is 4.57 Å². The monoisotopic (exact) mass is 362 g/mol. The average molecular weight is 362 g/mol. The maximum absolute atomic E-state index is 12.8. The second-order valence-corrected chi connectivity index (χ2v) is 8.60. The zero-order chi connectivity index (χ0) is 18.0. The van der Waals surface area contributed by atoms with Gasteiger partial charge in [-0.05, 0) is 44.0 Å². The molecule has 0 N–H and O–H groups in total. The molecule has 0 spiro atoms. The summed E-state index contributed by atoms with van der Waals surface area (Å²) in [4.78, 5) is 6.94. The molecule has 3 rings (SSSR count). The Labute approximate surface area is 150 Å². The largest absolute Gasteiger partial charge is 0.334 e. The van der Waals surface area contributed by atoms with Gasteiger partial charge >= 0.3 is 0 Å². The predicted octanol–water partition coefficient (Wildman–Crippen LogP) is 1.81. The van der Waals surface area contributed by atoms with E-state index in [9.17, 15) is 8.42 Å². The van der Waals surface area contributed by atoms with Gasteiger partial charge in [0.05, 0.1) is 4.90 Å². The van der Waals surface area contributed by atoms with Crippen LogP contribution in [-0.4, -0.2) is 59.9 Å². The third kappa shape index (κ3) is 3.94. The lowest BCUT2D eigenvalue weighted by atomic mass is 10.1. The predicted molar refractivity (Wildman–Crippen MR) is 98.1 cm³/mol. The highest BCUT2D eigenvalue weighted by Crippen LogP contribution is 2.20. The molecule has 1 aliphatic heterocycles. The molecule has 2 heterocycles. The highest BCUT2D eigenvalue weighted by molar-refractivity contribution is 7.89. The molecule has 1 aliphatic rings. The molecule has 1 saturated heterocycles. The van der Waals surface area contributed by atoms with E-state index in [1.807, 2.05) is 39.2 Å². The molecule has 0 radical (unpaired) electrons. The molecule has 0 amide bonds. The number of hydrogen-bond acceptors (Lipinski definition) is 4. The molecule has 1 fully saturated rings. The van der Waals surface area contributed by atoms with Crippen LogP contribution in [-0.2, 0) is 16.6 Å². The summed E-state index contributed by atoms with van der Waals surface area (Å²) < 4.78 is 29.4. The first-order chi connectivity index (χ1) is 11.9. The number of benzene rings is 1. The SMILES string of the molecule is Cc1ccc(S(=O)(=O)N2CCN(CCn3ccnc3C)CC2)cc1C. The quantitative estimate of drug-likeness (QED) is 0.814. The molecule has 1 aromatic carbocycles. The van der Waals surface area contributed by atoms with Crippen molar-refractivity contribution in [3.8, 4) is 0 Å². The zero-order valence-electron chi connectivity index (χ0n) is 15.1. The molecule has 0 saturated carbocycles. The highest BCUT2D eigenvalue weighted by Gasteiger charge is 2.28. The van der Waals surface area contributed by atoms with E-state index < -0.39 is 10.0 Å². The van der Waals surface area contributed by atoms with E-state index >= 15 is 0 Å². The first-order valence-electron chi connectivity index (χ1n) is 8.65. The van der Waals surface area contributed by atoms with Gasteiger partial charge in [0.15, 0.2) is 0 Å². The van der Waals surface area contributed by atoms with E-state index in [0.717, 1.165) is 43.1 Å². The van der Waals surface area contributed by atoms with Gasteiger partial charge in [-0.1, -0.05) is 6.07 Å². The minimum atomic E-state index is -3.40. The molecular weight excluding hydrogens is 336 g/mol. The lowest BCUT2D eigenvalue weighted by Crippen LogP contribution is -2.49. The van der Waals surface area contributed by atoms with E-state index in [1.165, 1.54) is 0 Å². The summed E-state index contributed by atoms with van der Waals surface area (Å²) >= 11 is 0. The van der Waals surface area contributed by atoms with Crippen LogP contribution in [0.1, 0.15) is 17.0 Å². The highest BCUT2D eigenvalue weighted by atomic mass is 32.2. The van der Waals surface area contributed by atoms with Gasteiger partial charge in [0.2, 0.25) is 10.0 Å². The van der Waals surface area contributed by atoms with Crippen LogP contribution in [0.3, 0.4) is 0 Å². The fourth-order valence-electron chi connectivity index (χ4n) is 3.11. The Morgan fingerprint density at radius 3 is 2.32 bits per heavy atom. The summed E-state index contributed by atoms with van der Waals surface area (Å²) in [6.07, 6.45) is 3.79. The van der Waals surface area contributed by atoms with Crippen LogP contribution in [0.25, 0.3) is 0 Å². The molecule has 6 nitrogen and oxygen atoms in total. The number of aryl methyl sites for hydroxylation is 3. The molecule has 0 bridgehead atoms. The molecule has 2 aromatic rings. The Morgan fingerprint density at radius 1 is 1.00 bits per heavy atom. The summed E-state index contributed by atoms with van der Waals surface area (Å²) in [5.41, 5.74) is 2.12. The van der Waals surface area contributed by atoms with Crippen molar-refractivity contribution < 1.29 is 8.42 Å². The van der Waals surface area contributed by atoms with Crippen molar-refractivity contribution in [2.24, 2.45) is 0 Å². The topological polar surface area (TPSA) is 58.4 Å². The van der Waals surface area contributed by atoms with Crippen molar-refractivity contribution in [1.29, 1.82) is 0 Å². The first kappa shape index (κ1) is 18.1. The van der Waals surface area contributed by atoms with Crippen molar-refractivity contribution in [3.05, 3.63) is 47.5 Å². The summed E-state index contributed by atoms with van der Waals surface area (Å²) in [7, 11) is -3.40. The molecule has 0 unspecified atom stereocenters. The number of aromatic nitrogens is 2. The van der Waals surface area contributed by atoms with Crippen molar-refractivity contribution in [2.75, 3.05) is 32.7 Å². The average Bonchev–Trinajstić information content (AvgIpc) is 3.01. The minimum absolute atomic E-state index is 0.401. The number of sulfonamides is 1. The van der Waals surface area contributed by atoms with Crippen LogP contribution in [0.4, 0.5) is 0 Å². The standard InChI is InChI=1S/C18H26N4O2S/c1-15-4-5-18(14-16(15)2)25(23,24)22-12-9-20(10-13-22)8-11-21-7-6-19-17(21)3/h4-7,14H,8-13H2,1-3H3. The van der Waals surface area contributed by atoms with Gasteiger partial charge in [-0.3, -0.25) is 4.90 Å². The van der Waals surface area contributed by atoms with Gasteiger partial charge in [0.1, 0.15) is 5.82 Å². The van der Waals surface area contributed by atoms with Crippen molar-refractivity contribution in [3.63, 3.8) is 0 Å². The Hall–Kier alpha value is -1.70. The van der Waals surface area contributed by atoms with E-state index in [1.54, 1.807) is 16.4 Å². The van der Waals surface area contributed by atoms with Gasteiger partial charge in [0.25, 0.3) is 0 Å². The molecule has 1 aromatic heterocycles. The fraction of sp³-hybridized carbons (Fsp3) is 0.500. The van der Waals surface area contributed by atoms with E-state index in [2.05, 4.69) is 14.5 Å². The molecule has 7 heteroatoms. The number of piperazine rings is 1. The molecular formula is C18H26N4O2S. The van der Waals surface area contributed by atoms with Crippen molar-refractivity contribution >= 4 is 10.0 Å². The van der Waals surface area contributed by atoms with Gasteiger partial charge in [0, 0.05) is 51.7 Å². The third-order valence-corrected chi connectivity index (χ3v) is 6.92. The Kier molecular flexibility index (Phi) is 5.27. The van der Waals surface area contributed by atoms with Crippen LogP contribution in [0.15, 0.2) is 35.5 Å². The summed E-state index contributed by atoms with van der Waals surface area (Å²) in [6.45, 7) is 10.3. The Bertz CT molecular complexity index is 837. The van der Waals surface area contributed by atoms with Crippen LogP contribution in [0, 0.1) is 20.8 Å². The second-order valence-electron chi connectivity index (χ2n) is 6.66. The van der Waals surface area contributed by atoms with Gasteiger partial charge in [-0.25, -0.2) is 13.4 Å². The van der Waals surface area contributed by atoms with E-state index in [-0.39, 0.29) is 0 Å². The normalized spacial score (nSPS) is 17.1. The van der Waals surface area contributed by atoms with Gasteiger partial charge in [-0.15, -0.1) is 0 Å². The first-order valence-corrected chi connectivity index (χ1v) is 10.1. The smallest absolute Gasteiger partial charge is 0.243 e. The number of imidazole rings is 1. The summed E-state index contributed by atoms with van der Waals surface area (Å²) in [5, 5.41) is 0. The summed E-state index contributed by atoms with van der Waals surface area (Å²) in [6, 6.07) is 5.37. The minimum Gasteiger partial charge on any atom is -0.334 e. The number of hydrogen-bond donors (Lipinski definition) is 0. The second kappa shape index (κ2) is 7.27.